The molecule has 2 atom stereocenters. The molecule has 0 saturated heterocycles. The van der Waals surface area contributed by atoms with Crippen LogP contribution in [0.15, 0.2) is 48.5 Å². The number of anilines is 1. The van der Waals surface area contributed by atoms with Crippen LogP contribution < -0.4 is 4.90 Å². The van der Waals surface area contributed by atoms with Crippen LogP contribution in [0, 0.1) is 0 Å². The molecule has 25 heavy (non-hydrogen) atoms. The minimum absolute atomic E-state index is 0.0162. The monoisotopic (exact) mass is 335 g/mol. The Hall–Kier alpha value is -2.66. The third-order valence-corrected chi connectivity index (χ3v) is 4.83. The summed E-state index contributed by atoms with van der Waals surface area (Å²) in [6, 6.07) is 15.8. The summed E-state index contributed by atoms with van der Waals surface area (Å²) in [6.07, 6.45) is 0.138. The number of nitrogens with zero attached hydrogens (tertiary/aromatic N) is 3. The molecule has 0 fully saturated rings. The molecule has 2 unspecified atom stereocenters. The number of fused-ring (bicyclic) bond motifs is 2. The van der Waals surface area contributed by atoms with Gasteiger partial charge in [-0.15, -0.1) is 0 Å². The van der Waals surface area contributed by atoms with E-state index >= 15 is 0 Å². The van der Waals surface area contributed by atoms with Crippen molar-refractivity contribution < 1.29 is 9.90 Å². The van der Waals surface area contributed by atoms with Crippen LogP contribution in [0.1, 0.15) is 31.3 Å². The molecule has 0 bridgehead atoms. The zero-order chi connectivity index (χ0) is 17.6. The Labute approximate surface area is 146 Å². The maximum Gasteiger partial charge on any atom is 0.247 e. The molecule has 0 spiro atoms. The number of carbonyl (C=O) groups excluding carboxylic acids is 1. The first kappa shape index (κ1) is 15.8. The zero-order valence-corrected chi connectivity index (χ0v) is 14.4. The first-order valence-electron chi connectivity index (χ1n) is 8.59. The highest BCUT2D eigenvalue weighted by atomic mass is 16.3. The summed E-state index contributed by atoms with van der Waals surface area (Å²) < 4.78 is 1.83. The van der Waals surface area contributed by atoms with Crippen molar-refractivity contribution in [2.24, 2.45) is 0 Å². The van der Waals surface area contributed by atoms with Crippen molar-refractivity contribution in [3.05, 3.63) is 59.9 Å². The van der Waals surface area contributed by atoms with Gasteiger partial charge in [-0.3, -0.25) is 4.79 Å². The highest BCUT2D eigenvalue weighted by molar-refractivity contribution is 5.96. The van der Waals surface area contributed by atoms with Crippen molar-refractivity contribution >= 4 is 22.6 Å². The summed E-state index contributed by atoms with van der Waals surface area (Å²) in [6.45, 7) is 3.91. The molecule has 0 aliphatic carbocycles. The lowest BCUT2D eigenvalue weighted by Gasteiger charge is -2.23. The molecular formula is C20H21N3O2. The lowest BCUT2D eigenvalue weighted by atomic mass is 10.1. The molecule has 1 amide bonds. The lowest BCUT2D eigenvalue weighted by Crippen LogP contribution is -2.38. The number of para-hydroxylation sites is 3. The molecule has 5 nitrogen and oxygen atoms in total. The third kappa shape index (κ3) is 2.61. The second-order valence-corrected chi connectivity index (χ2v) is 6.67. The third-order valence-electron chi connectivity index (χ3n) is 4.83. The van der Waals surface area contributed by atoms with Crippen LogP contribution in [0.2, 0.25) is 0 Å². The molecule has 3 aromatic rings. The number of benzene rings is 2. The van der Waals surface area contributed by atoms with Crippen LogP contribution >= 0.6 is 0 Å². The minimum atomic E-state index is -0.733. The van der Waals surface area contributed by atoms with Gasteiger partial charge in [-0.25, -0.2) is 4.98 Å². The Bertz CT molecular complexity index is 945. The number of rotatable bonds is 3. The maximum atomic E-state index is 13.1. The van der Waals surface area contributed by atoms with E-state index in [4.69, 9.17) is 0 Å². The van der Waals surface area contributed by atoms with Crippen LogP contribution in [0.3, 0.4) is 0 Å². The summed E-state index contributed by atoms with van der Waals surface area (Å²) in [7, 11) is 0. The van der Waals surface area contributed by atoms with Gasteiger partial charge >= 0.3 is 0 Å². The highest BCUT2D eigenvalue weighted by Gasteiger charge is 2.31. The van der Waals surface area contributed by atoms with E-state index < -0.39 is 6.10 Å². The average Bonchev–Trinajstić information content (AvgIpc) is 3.12. The van der Waals surface area contributed by atoms with E-state index in [1.54, 1.807) is 6.92 Å². The van der Waals surface area contributed by atoms with Gasteiger partial charge in [-0.1, -0.05) is 30.3 Å². The van der Waals surface area contributed by atoms with Crippen molar-refractivity contribution in [3.63, 3.8) is 0 Å². The molecule has 1 aliphatic rings. The molecular weight excluding hydrogens is 314 g/mol. The second kappa shape index (κ2) is 6.01. The molecule has 4 rings (SSSR count). The molecule has 1 aliphatic heterocycles. The first-order chi connectivity index (χ1) is 12.1. The quantitative estimate of drug-likeness (QED) is 0.800. The van der Waals surface area contributed by atoms with Gasteiger partial charge in [0.15, 0.2) is 0 Å². The largest absolute Gasteiger partial charge is 0.385 e. The molecule has 1 N–H and O–H groups in total. The fraction of sp³-hybridized carbons (Fsp3) is 0.300. The Morgan fingerprint density at radius 2 is 1.96 bits per heavy atom. The summed E-state index contributed by atoms with van der Waals surface area (Å²) in [5.74, 6) is 0.539. The number of amides is 1. The molecule has 2 heterocycles. The van der Waals surface area contributed by atoms with E-state index in [-0.39, 0.29) is 18.5 Å². The predicted molar refractivity (Wildman–Crippen MR) is 97.5 cm³/mol. The van der Waals surface area contributed by atoms with E-state index in [1.807, 2.05) is 51.9 Å². The topological polar surface area (TPSA) is 58.4 Å². The van der Waals surface area contributed by atoms with E-state index in [1.165, 1.54) is 5.56 Å². The van der Waals surface area contributed by atoms with Crippen molar-refractivity contribution in [1.29, 1.82) is 0 Å². The number of carbonyl (C=O) groups is 1. The summed E-state index contributed by atoms with van der Waals surface area (Å²) in [5.41, 5.74) is 3.85. The van der Waals surface area contributed by atoms with Crippen LogP contribution in [0.4, 0.5) is 5.69 Å². The summed E-state index contributed by atoms with van der Waals surface area (Å²) in [4.78, 5) is 19.5. The Kier molecular flexibility index (Phi) is 3.81. The van der Waals surface area contributed by atoms with Crippen LogP contribution in [-0.2, 0) is 17.8 Å². The summed E-state index contributed by atoms with van der Waals surface area (Å²) >= 11 is 0. The molecule has 128 valence electrons. The van der Waals surface area contributed by atoms with E-state index in [0.717, 1.165) is 23.1 Å². The number of hydrogen-bond donors (Lipinski definition) is 1. The molecule has 0 radical (unpaired) electrons. The summed E-state index contributed by atoms with van der Waals surface area (Å²) in [5, 5.41) is 10.1. The maximum absolute atomic E-state index is 13.1. The minimum Gasteiger partial charge on any atom is -0.385 e. The predicted octanol–water partition coefficient (Wildman–Crippen LogP) is 3.07. The van der Waals surface area contributed by atoms with Gasteiger partial charge in [-0.2, -0.15) is 0 Å². The van der Waals surface area contributed by atoms with Gasteiger partial charge < -0.3 is 14.6 Å². The van der Waals surface area contributed by atoms with Gasteiger partial charge in [0.2, 0.25) is 5.91 Å². The Balaban J connectivity index is 1.72. The molecule has 5 heteroatoms. The van der Waals surface area contributed by atoms with Crippen LogP contribution in [-0.4, -0.2) is 26.6 Å². The Morgan fingerprint density at radius 1 is 1.24 bits per heavy atom. The van der Waals surface area contributed by atoms with E-state index in [2.05, 4.69) is 18.0 Å². The fourth-order valence-corrected chi connectivity index (χ4v) is 3.74. The first-order valence-corrected chi connectivity index (χ1v) is 8.59. The van der Waals surface area contributed by atoms with E-state index in [9.17, 15) is 9.90 Å². The number of hydrogen-bond acceptors (Lipinski definition) is 3. The average molecular weight is 335 g/mol. The number of aliphatic hydroxyl groups is 1. The molecule has 2 aromatic carbocycles. The smallest absolute Gasteiger partial charge is 0.247 e. The SMILES string of the molecule is CC(O)c1nc2ccccc2n1CC(=O)N1c2ccccc2CC1C. The van der Waals surface area contributed by atoms with Gasteiger partial charge in [0.1, 0.15) is 18.5 Å². The van der Waals surface area contributed by atoms with Crippen molar-refractivity contribution in [3.8, 4) is 0 Å². The lowest BCUT2D eigenvalue weighted by molar-refractivity contribution is -0.119. The van der Waals surface area contributed by atoms with Crippen molar-refractivity contribution in [1.82, 2.24) is 9.55 Å². The molecule has 0 saturated carbocycles. The van der Waals surface area contributed by atoms with Crippen LogP contribution in [0.5, 0.6) is 0 Å². The number of imidazole rings is 1. The second-order valence-electron chi connectivity index (χ2n) is 6.67. The fourth-order valence-electron chi connectivity index (χ4n) is 3.74. The normalized spacial score (nSPS) is 17.7. The van der Waals surface area contributed by atoms with Crippen molar-refractivity contribution in [2.75, 3.05) is 4.90 Å². The molecule has 1 aromatic heterocycles. The van der Waals surface area contributed by atoms with Gasteiger partial charge in [0.05, 0.1) is 11.0 Å². The van der Waals surface area contributed by atoms with Gasteiger partial charge in [-0.05, 0) is 44.0 Å². The number of aromatic nitrogens is 2. The highest BCUT2D eigenvalue weighted by Crippen LogP contribution is 2.32. The number of aliphatic hydroxyl groups excluding tert-OH is 1. The zero-order valence-electron chi connectivity index (χ0n) is 14.4. The Morgan fingerprint density at radius 3 is 2.76 bits per heavy atom. The van der Waals surface area contributed by atoms with Crippen molar-refractivity contribution in [2.45, 2.75) is 39.0 Å². The van der Waals surface area contributed by atoms with Gasteiger partial charge in [0.25, 0.3) is 0 Å². The van der Waals surface area contributed by atoms with Gasteiger partial charge in [0, 0.05) is 11.7 Å². The standard InChI is InChI=1S/C20H21N3O2/c1-13-11-15-7-3-5-9-17(15)23(13)19(25)12-22-18-10-6-4-8-16(18)21-20(22)14(2)24/h3-10,13-14,24H,11-12H2,1-2H3. The van der Waals surface area contributed by atoms with Crippen LogP contribution in [0.25, 0.3) is 11.0 Å². The van der Waals surface area contributed by atoms with E-state index in [0.29, 0.717) is 5.82 Å².